The van der Waals surface area contributed by atoms with Crippen LogP contribution in [0.4, 0.5) is 11.4 Å². The van der Waals surface area contributed by atoms with Gasteiger partial charge < -0.3 is 10.1 Å². The summed E-state index contributed by atoms with van der Waals surface area (Å²) >= 11 is 0. The molecule has 0 spiro atoms. The summed E-state index contributed by atoms with van der Waals surface area (Å²) in [6, 6.07) is 19.1. The number of anilines is 2. The number of rotatable bonds is 5. The number of benzene rings is 3. The van der Waals surface area contributed by atoms with Gasteiger partial charge in [-0.2, -0.15) is 0 Å². The van der Waals surface area contributed by atoms with Gasteiger partial charge in [-0.15, -0.1) is 0 Å². The molecule has 0 aliphatic carbocycles. The lowest BCUT2D eigenvalue weighted by Crippen LogP contribution is -2.44. The summed E-state index contributed by atoms with van der Waals surface area (Å²) in [7, 11) is -2.42. The second-order valence-corrected chi connectivity index (χ2v) is 8.90. The molecular weight excluding hydrogens is 442 g/mol. The van der Waals surface area contributed by atoms with Crippen molar-refractivity contribution in [1.29, 1.82) is 0 Å². The first-order chi connectivity index (χ1) is 15.8. The molecule has 3 N–H and O–H groups in total. The molecule has 1 heterocycles. The fraction of sp³-hybridized carbons (Fsp3) is 0.0833. The number of hydrogen-bond acceptors (Lipinski definition) is 5. The monoisotopic (exact) mass is 463 g/mol. The van der Waals surface area contributed by atoms with Crippen molar-refractivity contribution in [3.63, 3.8) is 0 Å². The zero-order valence-corrected chi connectivity index (χ0v) is 18.5. The van der Waals surface area contributed by atoms with E-state index in [0.717, 1.165) is 5.56 Å². The Morgan fingerprint density at radius 3 is 2.39 bits per heavy atom. The number of amides is 2. The third-order valence-electron chi connectivity index (χ3n) is 5.21. The van der Waals surface area contributed by atoms with Crippen molar-refractivity contribution in [2.24, 2.45) is 5.14 Å². The number of hydrogen-bond donors (Lipinski definition) is 2. The van der Waals surface area contributed by atoms with Crippen LogP contribution in [0, 0.1) is 0 Å². The zero-order chi connectivity index (χ0) is 23.6. The molecule has 168 valence electrons. The number of ether oxygens (including phenoxy) is 1. The van der Waals surface area contributed by atoms with E-state index in [2.05, 4.69) is 5.32 Å². The molecular formula is C24H21N3O5S. The second kappa shape index (κ2) is 8.89. The highest BCUT2D eigenvalue weighted by atomic mass is 32.2. The van der Waals surface area contributed by atoms with Gasteiger partial charge in [0.15, 0.2) is 0 Å². The second-order valence-electron chi connectivity index (χ2n) is 7.34. The topological polar surface area (TPSA) is 119 Å². The average molecular weight is 464 g/mol. The maximum Gasteiger partial charge on any atom is 0.252 e. The van der Waals surface area contributed by atoms with Crippen LogP contribution < -0.4 is 20.1 Å². The maximum atomic E-state index is 13.4. The van der Waals surface area contributed by atoms with Crippen molar-refractivity contribution < 1.29 is 22.7 Å². The number of sulfonamides is 1. The Morgan fingerprint density at radius 2 is 1.76 bits per heavy atom. The maximum absolute atomic E-state index is 13.4. The van der Waals surface area contributed by atoms with E-state index in [4.69, 9.17) is 9.88 Å². The van der Waals surface area contributed by atoms with Crippen molar-refractivity contribution in [2.75, 3.05) is 17.3 Å². The summed E-state index contributed by atoms with van der Waals surface area (Å²) in [5.41, 5.74) is 1.93. The van der Waals surface area contributed by atoms with Gasteiger partial charge in [0, 0.05) is 6.08 Å². The van der Waals surface area contributed by atoms with Gasteiger partial charge in [-0.25, -0.2) is 13.6 Å². The van der Waals surface area contributed by atoms with Crippen molar-refractivity contribution >= 4 is 39.3 Å². The number of primary sulfonamides is 1. The summed E-state index contributed by atoms with van der Waals surface area (Å²) in [6.07, 6.45) is 3.00. The van der Waals surface area contributed by atoms with Gasteiger partial charge in [0.25, 0.3) is 11.8 Å². The molecule has 8 nitrogen and oxygen atoms in total. The van der Waals surface area contributed by atoms with Gasteiger partial charge >= 0.3 is 0 Å². The summed E-state index contributed by atoms with van der Waals surface area (Å²) < 4.78 is 28.7. The Morgan fingerprint density at radius 1 is 1.06 bits per heavy atom. The fourth-order valence-corrected chi connectivity index (χ4v) is 4.14. The molecule has 0 saturated carbocycles. The van der Waals surface area contributed by atoms with Crippen LogP contribution in [-0.2, 0) is 19.6 Å². The van der Waals surface area contributed by atoms with E-state index in [1.165, 1.54) is 29.2 Å². The standard InChI is InChI=1S/C24H21N3O5S/c1-32-18-10-7-16(8-11-18)9-14-22(28)27-21-13-12-19(33(25,30)31)15-20(21)26-24(29)23(27)17-5-3-2-4-6-17/h2-15,23H,1H3,(H,26,29)(H2,25,30,31)/b14-9+. The first kappa shape index (κ1) is 22.3. The Balaban J connectivity index is 1.77. The van der Waals surface area contributed by atoms with Crippen molar-refractivity contribution in [3.05, 3.63) is 90.0 Å². The van der Waals surface area contributed by atoms with Gasteiger partial charge in [-0.3, -0.25) is 14.5 Å². The molecule has 0 radical (unpaired) electrons. The van der Waals surface area contributed by atoms with Crippen molar-refractivity contribution in [1.82, 2.24) is 0 Å². The van der Waals surface area contributed by atoms with E-state index < -0.39 is 27.9 Å². The first-order valence-corrected chi connectivity index (χ1v) is 11.5. The Labute approximate surface area is 191 Å². The lowest BCUT2D eigenvalue weighted by Gasteiger charge is -2.36. The lowest BCUT2D eigenvalue weighted by atomic mass is 10.00. The van der Waals surface area contributed by atoms with Crippen LogP contribution in [-0.4, -0.2) is 27.3 Å². The summed E-state index contributed by atoms with van der Waals surface area (Å²) in [4.78, 5) is 27.6. The minimum atomic E-state index is -3.99. The molecule has 0 saturated heterocycles. The molecule has 1 unspecified atom stereocenters. The van der Waals surface area contributed by atoms with Gasteiger partial charge in [-0.05, 0) is 47.5 Å². The largest absolute Gasteiger partial charge is 0.497 e. The molecule has 3 aromatic carbocycles. The normalized spacial score (nSPS) is 15.8. The van der Waals surface area contributed by atoms with E-state index in [0.29, 0.717) is 17.0 Å². The van der Waals surface area contributed by atoms with Crippen molar-refractivity contribution in [2.45, 2.75) is 10.9 Å². The van der Waals surface area contributed by atoms with E-state index in [1.54, 1.807) is 61.7 Å². The minimum Gasteiger partial charge on any atom is -0.497 e. The highest BCUT2D eigenvalue weighted by Gasteiger charge is 2.37. The number of carbonyl (C=O) groups is 2. The van der Waals surface area contributed by atoms with Crippen LogP contribution in [0.3, 0.4) is 0 Å². The van der Waals surface area contributed by atoms with E-state index in [1.807, 2.05) is 6.07 Å². The Hall–Kier alpha value is -3.95. The lowest BCUT2D eigenvalue weighted by molar-refractivity contribution is -0.121. The Bertz CT molecular complexity index is 1340. The van der Waals surface area contributed by atoms with Crippen LogP contribution in [0.2, 0.25) is 0 Å². The predicted octanol–water partition coefficient (Wildman–Crippen LogP) is 3.08. The molecule has 33 heavy (non-hydrogen) atoms. The summed E-state index contributed by atoms with van der Waals surface area (Å²) in [5.74, 6) is -0.222. The fourth-order valence-electron chi connectivity index (χ4n) is 3.60. The number of methoxy groups -OCH3 is 1. The number of carbonyl (C=O) groups excluding carboxylic acids is 2. The van der Waals surface area contributed by atoms with Crippen LogP contribution >= 0.6 is 0 Å². The molecule has 4 rings (SSSR count). The average Bonchev–Trinajstić information content (AvgIpc) is 2.81. The molecule has 1 aliphatic heterocycles. The highest BCUT2D eigenvalue weighted by molar-refractivity contribution is 7.89. The number of nitrogens with zero attached hydrogens (tertiary/aromatic N) is 1. The highest BCUT2D eigenvalue weighted by Crippen LogP contribution is 2.39. The molecule has 0 bridgehead atoms. The van der Waals surface area contributed by atoms with Crippen LogP contribution in [0.25, 0.3) is 6.08 Å². The van der Waals surface area contributed by atoms with Gasteiger partial charge in [0.2, 0.25) is 10.0 Å². The zero-order valence-electron chi connectivity index (χ0n) is 17.6. The smallest absolute Gasteiger partial charge is 0.252 e. The molecule has 0 aromatic heterocycles. The van der Waals surface area contributed by atoms with E-state index >= 15 is 0 Å². The van der Waals surface area contributed by atoms with Crippen LogP contribution in [0.1, 0.15) is 17.2 Å². The van der Waals surface area contributed by atoms with Crippen LogP contribution in [0.15, 0.2) is 83.8 Å². The van der Waals surface area contributed by atoms with Gasteiger partial charge in [0.05, 0.1) is 23.4 Å². The molecule has 2 amide bonds. The molecule has 9 heteroatoms. The minimum absolute atomic E-state index is 0.166. The quantitative estimate of drug-likeness (QED) is 0.564. The van der Waals surface area contributed by atoms with Gasteiger partial charge in [-0.1, -0.05) is 42.5 Å². The molecule has 3 aromatic rings. The van der Waals surface area contributed by atoms with E-state index in [9.17, 15) is 18.0 Å². The van der Waals surface area contributed by atoms with E-state index in [-0.39, 0.29) is 10.6 Å². The SMILES string of the molecule is COc1ccc(/C=C/C(=O)N2c3ccc(S(N)(=O)=O)cc3NC(=O)C2c2ccccc2)cc1. The number of nitrogens with two attached hydrogens (primary N) is 1. The Kier molecular flexibility index (Phi) is 5.99. The number of nitrogens with one attached hydrogen (secondary N) is 1. The molecule has 1 aliphatic rings. The molecule has 0 fully saturated rings. The predicted molar refractivity (Wildman–Crippen MR) is 125 cm³/mol. The van der Waals surface area contributed by atoms with Crippen LogP contribution in [0.5, 0.6) is 5.75 Å². The summed E-state index contributed by atoms with van der Waals surface area (Å²) in [6.45, 7) is 0. The summed E-state index contributed by atoms with van der Waals surface area (Å²) in [5, 5.41) is 7.93. The third kappa shape index (κ3) is 4.64. The molecule has 1 atom stereocenters. The number of fused-ring (bicyclic) bond motifs is 1. The first-order valence-electron chi connectivity index (χ1n) is 9.96. The van der Waals surface area contributed by atoms with Gasteiger partial charge in [0.1, 0.15) is 11.8 Å². The van der Waals surface area contributed by atoms with Crippen molar-refractivity contribution in [3.8, 4) is 5.75 Å². The third-order valence-corrected chi connectivity index (χ3v) is 6.12.